The van der Waals surface area contributed by atoms with E-state index in [2.05, 4.69) is 19.9 Å². The first-order valence-corrected chi connectivity index (χ1v) is 8.01. The van der Waals surface area contributed by atoms with Crippen molar-refractivity contribution in [3.8, 4) is 0 Å². The van der Waals surface area contributed by atoms with Gasteiger partial charge in [-0.1, -0.05) is 12.1 Å². The Hall–Kier alpha value is -2.67. The Balaban J connectivity index is 1.33. The summed E-state index contributed by atoms with van der Waals surface area (Å²) in [7, 11) is 0. The van der Waals surface area contributed by atoms with E-state index in [1.807, 2.05) is 25.1 Å². The summed E-state index contributed by atoms with van der Waals surface area (Å²) in [5, 5.41) is 0. The molecule has 124 valence electrons. The number of nitrogens with zero attached hydrogens (tertiary/aromatic N) is 3. The number of imidazole rings is 2. The number of H-pyrrole nitrogens is 2. The van der Waals surface area contributed by atoms with Crippen LogP contribution < -0.4 is 0 Å². The Morgan fingerprint density at radius 1 is 1.42 bits per heavy atom. The number of ether oxygens (including phenoxy) is 1. The number of benzene rings is 1. The zero-order chi connectivity index (χ0) is 16.5. The van der Waals surface area contributed by atoms with Crippen molar-refractivity contribution >= 4 is 16.9 Å². The average molecular weight is 325 g/mol. The van der Waals surface area contributed by atoms with Crippen molar-refractivity contribution in [2.24, 2.45) is 0 Å². The standard InChI is InChI=1S/C17H19N5O2/c1-11-3-2-4-13-17(11)21-15(20-13)8-24-9-16(23)22-6-5-12-14(7-22)19-10-18-12/h2-4,10H,5-9H2,1H3,(H,18,19)(H,20,21). The second-order valence-corrected chi connectivity index (χ2v) is 6.04. The number of aryl methyl sites for hydroxylation is 1. The van der Waals surface area contributed by atoms with Crippen molar-refractivity contribution in [2.45, 2.75) is 26.5 Å². The van der Waals surface area contributed by atoms with Gasteiger partial charge in [-0.05, 0) is 18.6 Å². The third kappa shape index (κ3) is 2.78. The van der Waals surface area contributed by atoms with Gasteiger partial charge in [0.1, 0.15) is 19.0 Å². The number of amides is 1. The molecule has 24 heavy (non-hydrogen) atoms. The van der Waals surface area contributed by atoms with Crippen LogP contribution in [0.4, 0.5) is 0 Å². The molecular formula is C17H19N5O2. The van der Waals surface area contributed by atoms with Crippen molar-refractivity contribution < 1.29 is 9.53 Å². The fourth-order valence-electron chi connectivity index (χ4n) is 3.05. The van der Waals surface area contributed by atoms with Crippen LogP contribution in [0.2, 0.25) is 0 Å². The summed E-state index contributed by atoms with van der Waals surface area (Å²) in [5.74, 6) is 0.726. The van der Waals surface area contributed by atoms with Crippen LogP contribution in [0.15, 0.2) is 24.5 Å². The molecule has 0 bridgehead atoms. The van der Waals surface area contributed by atoms with E-state index in [0.29, 0.717) is 19.7 Å². The Morgan fingerprint density at radius 2 is 2.33 bits per heavy atom. The maximum Gasteiger partial charge on any atom is 0.248 e. The maximum absolute atomic E-state index is 12.3. The molecule has 1 aromatic carbocycles. The highest BCUT2D eigenvalue weighted by molar-refractivity contribution is 5.78. The minimum atomic E-state index is -0.0115. The molecule has 0 atom stereocenters. The number of carbonyl (C=O) groups is 1. The molecule has 2 aromatic heterocycles. The van der Waals surface area contributed by atoms with Gasteiger partial charge >= 0.3 is 0 Å². The lowest BCUT2D eigenvalue weighted by molar-refractivity contribution is -0.137. The van der Waals surface area contributed by atoms with Crippen LogP contribution in [0, 0.1) is 6.92 Å². The van der Waals surface area contributed by atoms with Crippen molar-refractivity contribution in [2.75, 3.05) is 13.2 Å². The second-order valence-electron chi connectivity index (χ2n) is 6.04. The van der Waals surface area contributed by atoms with Crippen LogP contribution in [0.25, 0.3) is 11.0 Å². The Morgan fingerprint density at radius 3 is 3.21 bits per heavy atom. The minimum Gasteiger partial charge on any atom is -0.364 e. The first kappa shape index (κ1) is 14.9. The van der Waals surface area contributed by atoms with E-state index < -0.39 is 0 Å². The molecule has 3 heterocycles. The minimum absolute atomic E-state index is 0.0115. The molecule has 7 heteroatoms. The zero-order valence-electron chi connectivity index (χ0n) is 13.5. The van der Waals surface area contributed by atoms with E-state index >= 15 is 0 Å². The van der Waals surface area contributed by atoms with E-state index in [0.717, 1.165) is 40.2 Å². The van der Waals surface area contributed by atoms with Crippen LogP contribution >= 0.6 is 0 Å². The molecule has 1 aliphatic rings. The van der Waals surface area contributed by atoms with Crippen LogP contribution in [-0.2, 0) is 29.1 Å². The average Bonchev–Trinajstić information content (AvgIpc) is 3.20. The summed E-state index contributed by atoms with van der Waals surface area (Å²) in [6, 6.07) is 6.00. The van der Waals surface area contributed by atoms with E-state index in [1.165, 1.54) is 0 Å². The molecule has 1 aliphatic heterocycles. The summed E-state index contributed by atoms with van der Waals surface area (Å²) in [6.45, 7) is 3.63. The van der Waals surface area contributed by atoms with E-state index in [4.69, 9.17) is 4.74 Å². The Bertz CT molecular complexity index is 882. The highest BCUT2D eigenvalue weighted by atomic mass is 16.5. The van der Waals surface area contributed by atoms with Crippen LogP contribution in [0.5, 0.6) is 0 Å². The van der Waals surface area contributed by atoms with E-state index in [1.54, 1.807) is 11.2 Å². The number of fused-ring (bicyclic) bond motifs is 2. The SMILES string of the molecule is Cc1cccc2[nH]c(COCC(=O)N3CCc4nc[nH]c4C3)nc12. The Labute approximate surface area is 139 Å². The van der Waals surface area contributed by atoms with Gasteiger partial charge in [0.15, 0.2) is 0 Å². The highest BCUT2D eigenvalue weighted by Gasteiger charge is 2.22. The molecule has 0 saturated carbocycles. The molecule has 3 aromatic rings. The third-order valence-electron chi connectivity index (χ3n) is 4.36. The first-order chi connectivity index (χ1) is 11.7. The summed E-state index contributed by atoms with van der Waals surface area (Å²) in [6.07, 6.45) is 2.46. The lowest BCUT2D eigenvalue weighted by atomic mass is 10.1. The predicted molar refractivity (Wildman–Crippen MR) is 88.2 cm³/mol. The number of hydrogen-bond donors (Lipinski definition) is 2. The van der Waals surface area contributed by atoms with Gasteiger partial charge in [0, 0.05) is 13.0 Å². The lowest BCUT2D eigenvalue weighted by Crippen LogP contribution is -2.38. The number of aromatic nitrogens is 4. The van der Waals surface area contributed by atoms with Gasteiger partial charge in [0.25, 0.3) is 0 Å². The molecular weight excluding hydrogens is 306 g/mol. The number of aromatic amines is 2. The van der Waals surface area contributed by atoms with Gasteiger partial charge in [0.2, 0.25) is 5.91 Å². The smallest absolute Gasteiger partial charge is 0.248 e. The number of nitrogens with one attached hydrogen (secondary N) is 2. The quantitative estimate of drug-likeness (QED) is 0.764. The van der Waals surface area contributed by atoms with Gasteiger partial charge in [-0.15, -0.1) is 0 Å². The van der Waals surface area contributed by atoms with Crippen molar-refractivity contribution in [3.63, 3.8) is 0 Å². The fourth-order valence-corrected chi connectivity index (χ4v) is 3.05. The predicted octanol–water partition coefficient (Wildman–Crippen LogP) is 1.70. The number of carbonyl (C=O) groups excluding carboxylic acids is 1. The van der Waals surface area contributed by atoms with Gasteiger partial charge < -0.3 is 19.6 Å². The van der Waals surface area contributed by atoms with Crippen LogP contribution in [0.1, 0.15) is 22.8 Å². The Kier molecular flexibility index (Phi) is 3.78. The molecule has 0 unspecified atom stereocenters. The summed E-state index contributed by atoms with van der Waals surface area (Å²) in [4.78, 5) is 29.2. The zero-order valence-corrected chi connectivity index (χ0v) is 13.5. The normalized spacial score (nSPS) is 14.1. The molecule has 7 nitrogen and oxygen atoms in total. The molecule has 1 amide bonds. The fraction of sp³-hybridized carbons (Fsp3) is 0.353. The van der Waals surface area contributed by atoms with Gasteiger partial charge in [-0.2, -0.15) is 0 Å². The molecule has 0 aliphatic carbocycles. The number of hydrogen-bond acceptors (Lipinski definition) is 4. The van der Waals surface area contributed by atoms with E-state index in [9.17, 15) is 4.79 Å². The number of para-hydroxylation sites is 1. The second kappa shape index (κ2) is 6.09. The van der Waals surface area contributed by atoms with Crippen molar-refractivity contribution in [3.05, 3.63) is 47.3 Å². The van der Waals surface area contributed by atoms with E-state index in [-0.39, 0.29) is 12.5 Å². The highest BCUT2D eigenvalue weighted by Crippen LogP contribution is 2.17. The lowest BCUT2D eigenvalue weighted by Gasteiger charge is -2.26. The monoisotopic (exact) mass is 325 g/mol. The van der Waals surface area contributed by atoms with Crippen molar-refractivity contribution in [1.82, 2.24) is 24.8 Å². The molecule has 0 saturated heterocycles. The molecule has 0 radical (unpaired) electrons. The van der Waals surface area contributed by atoms with Gasteiger partial charge in [-0.25, -0.2) is 9.97 Å². The maximum atomic E-state index is 12.3. The number of rotatable bonds is 4. The topological polar surface area (TPSA) is 86.9 Å². The molecule has 0 fully saturated rings. The van der Waals surface area contributed by atoms with Crippen LogP contribution in [0.3, 0.4) is 0 Å². The molecule has 0 spiro atoms. The largest absolute Gasteiger partial charge is 0.364 e. The first-order valence-electron chi connectivity index (χ1n) is 8.01. The van der Waals surface area contributed by atoms with Crippen LogP contribution in [-0.4, -0.2) is 43.9 Å². The summed E-state index contributed by atoms with van der Waals surface area (Å²) >= 11 is 0. The summed E-state index contributed by atoms with van der Waals surface area (Å²) in [5.41, 5.74) is 5.13. The molecule has 2 N–H and O–H groups in total. The summed E-state index contributed by atoms with van der Waals surface area (Å²) < 4.78 is 5.56. The van der Waals surface area contributed by atoms with Crippen molar-refractivity contribution in [1.29, 1.82) is 0 Å². The molecule has 4 rings (SSSR count). The van der Waals surface area contributed by atoms with Gasteiger partial charge in [0.05, 0.1) is 35.3 Å². The van der Waals surface area contributed by atoms with Gasteiger partial charge in [-0.3, -0.25) is 4.79 Å². The third-order valence-corrected chi connectivity index (χ3v) is 4.36.